The van der Waals surface area contributed by atoms with E-state index in [1.807, 2.05) is 0 Å². The van der Waals surface area contributed by atoms with Crippen molar-refractivity contribution < 1.29 is 4.42 Å². The maximum absolute atomic E-state index is 6.69. The minimum Gasteiger partial charge on any atom is -0.458 e. The predicted octanol–water partition coefficient (Wildman–Crippen LogP) is 10.9. The fourth-order valence-corrected chi connectivity index (χ4v) is 8.73. The van der Waals surface area contributed by atoms with E-state index in [1.54, 1.807) is 0 Å². The lowest BCUT2D eigenvalue weighted by atomic mass is 9.96. The van der Waals surface area contributed by atoms with Crippen molar-refractivity contribution in [3.05, 3.63) is 127 Å². The Kier molecular flexibility index (Phi) is 4.46. The normalized spacial score (nSPS) is 15.2. The molecule has 0 bridgehead atoms. The van der Waals surface area contributed by atoms with E-state index in [-0.39, 0.29) is 0 Å². The van der Waals surface area contributed by atoms with E-state index in [9.17, 15) is 0 Å². The van der Waals surface area contributed by atoms with Gasteiger partial charge < -0.3 is 4.42 Å². The van der Waals surface area contributed by atoms with E-state index < -0.39 is 0 Å². The van der Waals surface area contributed by atoms with Crippen LogP contribution in [0.2, 0.25) is 0 Å². The lowest BCUT2D eigenvalue weighted by Gasteiger charge is -2.11. The van der Waals surface area contributed by atoms with E-state index in [1.165, 1.54) is 33.2 Å². The number of furan rings is 1. The maximum Gasteiger partial charge on any atom is 0.159 e. The van der Waals surface area contributed by atoms with E-state index in [0.717, 1.165) is 83.9 Å². The van der Waals surface area contributed by atoms with Gasteiger partial charge in [-0.15, -0.1) is 0 Å². The highest BCUT2D eigenvalue weighted by molar-refractivity contribution is 6.23. The molecule has 0 amide bonds. The first-order valence-corrected chi connectivity index (χ1v) is 16.7. The van der Waals surface area contributed by atoms with Crippen LogP contribution in [0.4, 0.5) is 0 Å². The number of para-hydroxylation sites is 1. The molecule has 2 aliphatic rings. The molecule has 1 atom stereocenters. The van der Waals surface area contributed by atoms with Gasteiger partial charge in [-0.3, -0.25) is 8.97 Å². The van der Waals surface area contributed by atoms with Gasteiger partial charge in [-0.1, -0.05) is 97.9 Å². The summed E-state index contributed by atoms with van der Waals surface area (Å²) < 4.78 is 11.4. The topological polar surface area (TPSA) is 48.3 Å². The van der Waals surface area contributed by atoms with Crippen molar-refractivity contribution in [3.8, 4) is 28.1 Å². The first kappa shape index (κ1) is 25.0. The third-order valence-corrected chi connectivity index (χ3v) is 10.7. The van der Waals surface area contributed by atoms with Gasteiger partial charge in [0.1, 0.15) is 22.7 Å². The van der Waals surface area contributed by atoms with Gasteiger partial charge in [-0.25, -0.2) is 9.97 Å². The number of hydrogen-bond donors (Lipinski definition) is 0. The molecule has 0 radical (unpaired) electrons. The summed E-state index contributed by atoms with van der Waals surface area (Å²) in [6, 6.07) is 39.2. The van der Waals surface area contributed by atoms with Crippen LogP contribution in [0.15, 0.2) is 120 Å². The second-order valence-corrected chi connectivity index (χ2v) is 13.4. The Bertz CT molecular complexity index is 3120. The molecule has 0 N–H and O–H groups in total. The van der Waals surface area contributed by atoms with Gasteiger partial charge in [0, 0.05) is 38.9 Å². The van der Waals surface area contributed by atoms with Crippen LogP contribution >= 0.6 is 0 Å². The molecule has 0 saturated carbocycles. The van der Waals surface area contributed by atoms with Gasteiger partial charge in [0.25, 0.3) is 0 Å². The van der Waals surface area contributed by atoms with Crippen molar-refractivity contribution in [2.24, 2.45) is 5.92 Å². The van der Waals surface area contributed by atoms with Crippen molar-refractivity contribution in [3.63, 3.8) is 0 Å². The number of fused-ring (bicyclic) bond motifs is 17. The second kappa shape index (κ2) is 8.58. The van der Waals surface area contributed by atoms with E-state index in [4.69, 9.17) is 14.4 Å². The van der Waals surface area contributed by atoms with E-state index in [0.29, 0.717) is 5.92 Å². The summed E-state index contributed by atoms with van der Waals surface area (Å²) in [4.78, 5) is 10.8. The summed E-state index contributed by atoms with van der Waals surface area (Å²) in [7, 11) is 0. The van der Waals surface area contributed by atoms with E-state index in [2.05, 4.69) is 137 Å². The molecule has 0 saturated heterocycles. The van der Waals surface area contributed by atoms with Crippen LogP contribution in [0.5, 0.6) is 0 Å². The molecule has 224 valence electrons. The minimum absolute atomic E-state index is 0.444. The molecule has 0 spiro atoms. The van der Waals surface area contributed by atoms with Gasteiger partial charge in [0.15, 0.2) is 5.58 Å². The van der Waals surface area contributed by atoms with Crippen LogP contribution in [0.1, 0.15) is 18.2 Å². The SMILES string of the molecule is CC1C=Cc2c(oc3c4ccccc4c4nc5c6c7ccccc7n(-c7cc8c9c(cccc9n7)-c7ccccc7-8)c6ccc5n4c23)C1. The number of nitrogens with zero attached hydrogens (tertiary/aromatic N) is 4. The number of aromatic nitrogens is 4. The highest BCUT2D eigenvalue weighted by Crippen LogP contribution is 2.48. The molecule has 0 aliphatic heterocycles. The number of rotatable bonds is 1. The average molecular weight is 615 g/mol. The summed E-state index contributed by atoms with van der Waals surface area (Å²) in [5.74, 6) is 2.41. The summed E-state index contributed by atoms with van der Waals surface area (Å²) in [6.07, 6.45) is 5.44. The minimum atomic E-state index is 0.444. The van der Waals surface area contributed by atoms with Crippen LogP contribution in [-0.2, 0) is 6.42 Å². The molecule has 5 aromatic carbocycles. The molecule has 12 rings (SSSR count). The second-order valence-electron chi connectivity index (χ2n) is 13.4. The molecule has 5 heterocycles. The lowest BCUT2D eigenvalue weighted by molar-refractivity contribution is 0.515. The highest BCUT2D eigenvalue weighted by atomic mass is 16.3. The Morgan fingerprint density at radius 2 is 1.42 bits per heavy atom. The molecule has 5 heteroatoms. The van der Waals surface area contributed by atoms with Crippen molar-refractivity contribution in [1.29, 1.82) is 0 Å². The zero-order chi connectivity index (χ0) is 31.2. The van der Waals surface area contributed by atoms with Gasteiger partial charge in [-0.05, 0) is 58.5 Å². The molecular weight excluding hydrogens is 589 g/mol. The van der Waals surface area contributed by atoms with Crippen molar-refractivity contribution in [2.75, 3.05) is 0 Å². The fourth-order valence-electron chi connectivity index (χ4n) is 8.73. The fraction of sp³-hybridized carbons (Fsp3) is 0.0698. The zero-order valence-corrected chi connectivity index (χ0v) is 26.0. The third-order valence-electron chi connectivity index (χ3n) is 10.7. The molecule has 48 heavy (non-hydrogen) atoms. The highest BCUT2D eigenvalue weighted by Gasteiger charge is 2.27. The number of allylic oxidation sites excluding steroid dienone is 1. The van der Waals surface area contributed by atoms with Crippen LogP contribution in [0.25, 0.3) is 105 Å². The summed E-state index contributed by atoms with van der Waals surface area (Å²) in [5.41, 5.74) is 14.5. The molecule has 1 unspecified atom stereocenters. The Balaban J connectivity index is 1.23. The number of hydrogen-bond acceptors (Lipinski definition) is 3. The maximum atomic E-state index is 6.69. The average Bonchev–Trinajstić information content (AvgIpc) is 3.87. The number of benzene rings is 5. The standard InChI is InChI=1S/C43H26N4O/c1-23-17-18-30-36(21-23)48-42-27-11-4-5-12-28(27)43-45-40-35(47(43)41(30)42)20-19-34-39(40)29-13-6-7-16-33(29)46(34)37-22-31-25-10-3-2-9-24(25)26-14-8-15-32(44-37)38(26)31/h2-20,22-23H,21H2,1H3. The molecular formula is C43H26N4O. The summed E-state index contributed by atoms with van der Waals surface area (Å²) in [5, 5.41) is 5.72. The molecule has 5 aromatic heterocycles. The van der Waals surface area contributed by atoms with Crippen molar-refractivity contribution in [2.45, 2.75) is 13.3 Å². The van der Waals surface area contributed by atoms with Gasteiger partial charge in [0.2, 0.25) is 0 Å². The lowest BCUT2D eigenvalue weighted by Crippen LogP contribution is -2.01. The number of imidazole rings is 1. The van der Waals surface area contributed by atoms with Crippen molar-refractivity contribution in [1.82, 2.24) is 18.9 Å². The number of pyridine rings is 2. The Morgan fingerprint density at radius 1 is 0.667 bits per heavy atom. The van der Waals surface area contributed by atoms with Crippen LogP contribution in [-0.4, -0.2) is 18.9 Å². The Labute approximate surface area is 274 Å². The first-order valence-electron chi connectivity index (χ1n) is 16.7. The monoisotopic (exact) mass is 614 g/mol. The summed E-state index contributed by atoms with van der Waals surface area (Å²) in [6.45, 7) is 2.25. The molecule has 10 aromatic rings. The van der Waals surface area contributed by atoms with Gasteiger partial charge in [-0.2, -0.15) is 0 Å². The van der Waals surface area contributed by atoms with Crippen molar-refractivity contribution >= 4 is 77.3 Å². The molecule has 2 aliphatic carbocycles. The molecule has 0 fully saturated rings. The van der Waals surface area contributed by atoms with E-state index >= 15 is 0 Å². The third kappa shape index (κ3) is 2.94. The first-order chi connectivity index (χ1) is 23.7. The van der Waals surface area contributed by atoms with Crippen LogP contribution < -0.4 is 0 Å². The molecule has 5 nitrogen and oxygen atoms in total. The predicted molar refractivity (Wildman–Crippen MR) is 196 cm³/mol. The summed E-state index contributed by atoms with van der Waals surface area (Å²) >= 11 is 0. The smallest absolute Gasteiger partial charge is 0.159 e. The van der Waals surface area contributed by atoms with Crippen LogP contribution in [0, 0.1) is 5.92 Å². The van der Waals surface area contributed by atoms with Crippen LogP contribution in [0.3, 0.4) is 0 Å². The Morgan fingerprint density at radius 3 is 2.31 bits per heavy atom. The van der Waals surface area contributed by atoms with Gasteiger partial charge in [0.05, 0.1) is 27.6 Å². The quantitative estimate of drug-likeness (QED) is 0.185. The zero-order valence-electron chi connectivity index (χ0n) is 26.0. The largest absolute Gasteiger partial charge is 0.458 e. The Hall–Kier alpha value is -6.20. The van der Waals surface area contributed by atoms with Gasteiger partial charge >= 0.3 is 0 Å².